The normalized spacial score (nSPS) is 21.5. The fraction of sp³-hybridized carbons (Fsp3) is 0.577. The maximum atomic E-state index is 5.30. The van der Waals surface area contributed by atoms with Crippen LogP contribution in [0.4, 0.5) is 5.82 Å². The number of hydrogen-bond donors (Lipinski definition) is 1. The summed E-state index contributed by atoms with van der Waals surface area (Å²) in [6, 6.07) is 6.79. The standard InChI is InChI=1S/C26H34N8O/c1-35-22-12-20(14-27-15-22)24-17-34(32-30-24)26(19-7-8-19)23-9-10-25(31-29-23)33-11-3-6-21(16-33)28-13-18-4-2-5-18/h9-10,12,14-15,17-19,21,26,28H,2-8,11,13,16H2,1H3/t21-,26?/m1/s1. The second kappa shape index (κ2) is 9.89. The van der Waals surface area contributed by atoms with Crippen LogP contribution in [-0.4, -0.2) is 63.0 Å². The first-order valence-electron chi connectivity index (χ1n) is 13.0. The van der Waals surface area contributed by atoms with Crippen molar-refractivity contribution in [2.75, 3.05) is 31.6 Å². The molecule has 3 fully saturated rings. The Morgan fingerprint density at radius 2 is 1.97 bits per heavy atom. The van der Waals surface area contributed by atoms with Crippen molar-refractivity contribution in [2.24, 2.45) is 11.8 Å². The van der Waals surface area contributed by atoms with Gasteiger partial charge in [0, 0.05) is 30.9 Å². The summed E-state index contributed by atoms with van der Waals surface area (Å²) in [6.45, 7) is 3.22. The molecule has 0 bridgehead atoms. The van der Waals surface area contributed by atoms with E-state index < -0.39 is 0 Å². The van der Waals surface area contributed by atoms with Gasteiger partial charge in [0.1, 0.15) is 17.5 Å². The number of aromatic nitrogens is 6. The van der Waals surface area contributed by atoms with Gasteiger partial charge in [0.15, 0.2) is 5.82 Å². The lowest BCUT2D eigenvalue weighted by molar-refractivity contribution is 0.280. The molecule has 2 atom stereocenters. The number of nitrogens with zero attached hydrogens (tertiary/aromatic N) is 7. The van der Waals surface area contributed by atoms with E-state index in [0.29, 0.717) is 17.7 Å². The molecule has 0 aromatic carbocycles. The summed E-state index contributed by atoms with van der Waals surface area (Å²) in [4.78, 5) is 6.63. The number of piperidine rings is 1. The summed E-state index contributed by atoms with van der Waals surface area (Å²) in [5.41, 5.74) is 2.62. The summed E-state index contributed by atoms with van der Waals surface area (Å²) in [5, 5.41) is 22.0. The van der Waals surface area contributed by atoms with Crippen LogP contribution in [0.2, 0.25) is 0 Å². The van der Waals surface area contributed by atoms with Gasteiger partial charge in [-0.05, 0) is 75.1 Å². The third kappa shape index (κ3) is 5.00. The Morgan fingerprint density at radius 1 is 1.06 bits per heavy atom. The van der Waals surface area contributed by atoms with E-state index in [0.717, 1.165) is 48.3 Å². The van der Waals surface area contributed by atoms with E-state index in [9.17, 15) is 0 Å². The summed E-state index contributed by atoms with van der Waals surface area (Å²) < 4.78 is 7.25. The van der Waals surface area contributed by atoms with Gasteiger partial charge < -0.3 is 15.0 Å². The van der Waals surface area contributed by atoms with E-state index in [2.05, 4.69) is 47.8 Å². The average molecular weight is 475 g/mol. The molecule has 9 nitrogen and oxygen atoms in total. The summed E-state index contributed by atoms with van der Waals surface area (Å²) in [7, 11) is 1.64. The van der Waals surface area contributed by atoms with Crippen molar-refractivity contribution in [1.29, 1.82) is 0 Å². The van der Waals surface area contributed by atoms with Crippen LogP contribution < -0.4 is 15.0 Å². The van der Waals surface area contributed by atoms with E-state index in [4.69, 9.17) is 4.74 Å². The molecule has 0 spiro atoms. The molecule has 0 amide bonds. The van der Waals surface area contributed by atoms with Crippen LogP contribution in [0.15, 0.2) is 36.8 Å². The number of pyridine rings is 1. The Morgan fingerprint density at radius 3 is 2.71 bits per heavy atom. The number of methoxy groups -OCH3 is 1. The van der Waals surface area contributed by atoms with Gasteiger partial charge in [-0.2, -0.15) is 5.10 Å². The number of hydrogen-bond acceptors (Lipinski definition) is 8. The average Bonchev–Trinajstić information content (AvgIpc) is 3.59. The second-order valence-corrected chi connectivity index (χ2v) is 10.3. The van der Waals surface area contributed by atoms with E-state index in [1.54, 1.807) is 19.5 Å². The van der Waals surface area contributed by atoms with Gasteiger partial charge in [0.05, 0.1) is 25.2 Å². The highest BCUT2D eigenvalue weighted by molar-refractivity contribution is 5.58. The van der Waals surface area contributed by atoms with Gasteiger partial charge in [-0.3, -0.25) is 4.98 Å². The molecule has 1 N–H and O–H groups in total. The van der Waals surface area contributed by atoms with Crippen LogP contribution >= 0.6 is 0 Å². The molecular formula is C26H34N8O. The van der Waals surface area contributed by atoms with Crippen LogP contribution in [-0.2, 0) is 0 Å². The van der Waals surface area contributed by atoms with E-state index in [1.807, 2.05) is 16.9 Å². The van der Waals surface area contributed by atoms with E-state index >= 15 is 0 Å². The second-order valence-electron chi connectivity index (χ2n) is 10.3. The zero-order valence-corrected chi connectivity index (χ0v) is 20.4. The van der Waals surface area contributed by atoms with Crippen LogP contribution in [0.1, 0.15) is 56.7 Å². The quantitative estimate of drug-likeness (QED) is 0.504. The first-order valence-corrected chi connectivity index (χ1v) is 13.0. The van der Waals surface area contributed by atoms with Crippen LogP contribution in [0, 0.1) is 11.8 Å². The maximum absolute atomic E-state index is 5.30. The third-order valence-corrected chi connectivity index (χ3v) is 7.75. The molecule has 3 aromatic rings. The zero-order valence-electron chi connectivity index (χ0n) is 20.4. The summed E-state index contributed by atoms with van der Waals surface area (Å²) in [5.74, 6) is 3.08. The highest BCUT2D eigenvalue weighted by Gasteiger charge is 2.36. The topological polar surface area (TPSA) is 93.9 Å². The number of rotatable bonds is 9. The van der Waals surface area contributed by atoms with Gasteiger partial charge in [-0.25, -0.2) is 4.68 Å². The van der Waals surface area contributed by atoms with Crippen molar-refractivity contribution in [3.05, 3.63) is 42.5 Å². The fourth-order valence-electron chi connectivity index (χ4n) is 5.26. The van der Waals surface area contributed by atoms with Crippen molar-refractivity contribution in [3.63, 3.8) is 0 Å². The predicted octanol–water partition coefficient (Wildman–Crippen LogP) is 3.50. The van der Waals surface area contributed by atoms with Crippen molar-refractivity contribution in [1.82, 2.24) is 35.5 Å². The van der Waals surface area contributed by atoms with E-state index in [1.165, 1.54) is 44.9 Å². The Bertz CT molecular complexity index is 1120. The van der Waals surface area contributed by atoms with Gasteiger partial charge in [0.2, 0.25) is 0 Å². The lowest BCUT2D eigenvalue weighted by Crippen LogP contribution is -2.47. The van der Waals surface area contributed by atoms with Crippen molar-refractivity contribution >= 4 is 5.82 Å². The highest BCUT2D eigenvalue weighted by Crippen LogP contribution is 2.43. The first-order chi connectivity index (χ1) is 17.3. The first kappa shape index (κ1) is 22.4. The smallest absolute Gasteiger partial charge is 0.151 e. The number of anilines is 1. The Hall–Kier alpha value is -3.07. The fourth-order valence-corrected chi connectivity index (χ4v) is 5.26. The number of nitrogens with one attached hydrogen (secondary N) is 1. The van der Waals surface area contributed by atoms with Crippen molar-refractivity contribution in [2.45, 2.75) is 57.0 Å². The van der Waals surface area contributed by atoms with Gasteiger partial charge in [-0.1, -0.05) is 11.6 Å². The minimum Gasteiger partial charge on any atom is -0.495 e. The molecule has 2 aliphatic carbocycles. The lowest BCUT2D eigenvalue weighted by atomic mass is 9.85. The van der Waals surface area contributed by atoms with Gasteiger partial charge in [-0.15, -0.1) is 10.2 Å². The molecule has 1 aliphatic heterocycles. The predicted molar refractivity (Wildman–Crippen MR) is 133 cm³/mol. The van der Waals surface area contributed by atoms with Crippen LogP contribution in [0.25, 0.3) is 11.3 Å². The molecular weight excluding hydrogens is 440 g/mol. The Labute approximate surface area is 206 Å². The SMILES string of the molecule is COc1cncc(-c2cn(C(c3ccc(N4CCC[C@@H](NCC5CCC5)C4)nn3)C3CC3)nn2)c1. The molecule has 3 aromatic heterocycles. The Balaban J connectivity index is 1.15. The summed E-state index contributed by atoms with van der Waals surface area (Å²) >= 11 is 0. The molecule has 4 heterocycles. The highest BCUT2D eigenvalue weighted by atomic mass is 16.5. The Kier molecular flexibility index (Phi) is 6.33. The molecule has 9 heteroatoms. The van der Waals surface area contributed by atoms with E-state index in [-0.39, 0.29) is 6.04 Å². The van der Waals surface area contributed by atoms with Crippen LogP contribution in [0.5, 0.6) is 5.75 Å². The monoisotopic (exact) mass is 474 g/mol. The molecule has 184 valence electrons. The molecule has 0 radical (unpaired) electrons. The molecule has 6 rings (SSSR count). The number of ether oxygens (including phenoxy) is 1. The third-order valence-electron chi connectivity index (χ3n) is 7.75. The minimum atomic E-state index is 0.0506. The van der Waals surface area contributed by atoms with Crippen LogP contribution in [0.3, 0.4) is 0 Å². The lowest BCUT2D eigenvalue weighted by Gasteiger charge is -2.35. The van der Waals surface area contributed by atoms with Gasteiger partial charge >= 0.3 is 0 Å². The summed E-state index contributed by atoms with van der Waals surface area (Å²) in [6.07, 6.45) is 14.4. The zero-order chi connectivity index (χ0) is 23.6. The molecule has 2 saturated carbocycles. The molecule has 35 heavy (non-hydrogen) atoms. The minimum absolute atomic E-state index is 0.0506. The molecule has 1 saturated heterocycles. The van der Waals surface area contributed by atoms with Gasteiger partial charge in [0.25, 0.3) is 0 Å². The molecule has 1 unspecified atom stereocenters. The van der Waals surface area contributed by atoms with Crippen molar-refractivity contribution < 1.29 is 4.74 Å². The largest absolute Gasteiger partial charge is 0.495 e. The van der Waals surface area contributed by atoms with Crippen molar-refractivity contribution in [3.8, 4) is 17.0 Å². The maximum Gasteiger partial charge on any atom is 0.151 e. The molecule has 3 aliphatic rings.